The van der Waals surface area contributed by atoms with Crippen molar-refractivity contribution in [2.24, 2.45) is 0 Å². The lowest BCUT2D eigenvalue weighted by molar-refractivity contribution is -0.0440. The Morgan fingerprint density at radius 1 is 1.03 bits per heavy atom. The fraction of sp³-hybridized carbons (Fsp3) is 0.273. The summed E-state index contributed by atoms with van der Waals surface area (Å²) in [5.41, 5.74) is 1.11. The second kappa shape index (κ2) is 8.62. The van der Waals surface area contributed by atoms with Gasteiger partial charge < -0.3 is 10.1 Å². The van der Waals surface area contributed by atoms with Crippen molar-refractivity contribution in [2.45, 2.75) is 31.0 Å². The van der Waals surface area contributed by atoms with Gasteiger partial charge in [-0.05, 0) is 44.2 Å². The molecule has 4 rings (SSSR count). The molecule has 0 saturated carbocycles. The van der Waals surface area contributed by atoms with E-state index in [-0.39, 0.29) is 35.8 Å². The zero-order chi connectivity index (χ0) is 22.0. The molecule has 0 bridgehead atoms. The Balaban J connectivity index is 1.52. The van der Waals surface area contributed by atoms with Crippen LogP contribution < -0.4 is 5.32 Å². The van der Waals surface area contributed by atoms with Gasteiger partial charge in [0.25, 0.3) is 5.91 Å². The number of aromatic nitrogens is 2. The summed E-state index contributed by atoms with van der Waals surface area (Å²) < 4.78 is 34.9. The first-order chi connectivity index (χ1) is 14.8. The van der Waals surface area contributed by atoms with Crippen LogP contribution in [0.15, 0.2) is 71.8 Å². The summed E-state index contributed by atoms with van der Waals surface area (Å²) in [6.07, 6.45) is 1.36. The molecule has 1 amide bonds. The van der Waals surface area contributed by atoms with E-state index in [9.17, 15) is 13.2 Å². The number of hydrogen-bond donors (Lipinski definition) is 1. The average Bonchev–Trinajstić information content (AvgIpc) is 3.22. The quantitative estimate of drug-likeness (QED) is 0.658. The van der Waals surface area contributed by atoms with Crippen molar-refractivity contribution in [3.63, 3.8) is 0 Å². The highest BCUT2D eigenvalue weighted by Gasteiger charge is 2.32. The second-order valence-corrected chi connectivity index (χ2v) is 9.48. The molecule has 31 heavy (non-hydrogen) atoms. The number of benzene rings is 2. The number of nitrogens with one attached hydrogen (secondary N) is 1. The number of carbonyl (C=O) groups is 1. The molecule has 1 N–H and O–H groups in total. The summed E-state index contributed by atoms with van der Waals surface area (Å²) in [5, 5.41) is 7.07. The van der Waals surface area contributed by atoms with Crippen molar-refractivity contribution in [1.82, 2.24) is 14.1 Å². The smallest absolute Gasteiger partial charge is 0.256 e. The van der Waals surface area contributed by atoms with Crippen LogP contribution in [-0.4, -0.2) is 53.7 Å². The third-order valence-corrected chi connectivity index (χ3v) is 6.80. The lowest BCUT2D eigenvalue weighted by Crippen LogP contribution is -2.48. The normalized spacial score (nSPS) is 19.8. The Hall–Kier alpha value is -3.01. The molecule has 1 fully saturated rings. The monoisotopic (exact) mass is 440 g/mol. The van der Waals surface area contributed by atoms with Gasteiger partial charge in [0.05, 0.1) is 22.8 Å². The molecule has 0 radical (unpaired) electrons. The lowest BCUT2D eigenvalue weighted by atomic mass is 10.2. The summed E-state index contributed by atoms with van der Waals surface area (Å²) >= 11 is 0. The van der Waals surface area contributed by atoms with Crippen LogP contribution in [0.4, 0.5) is 5.82 Å². The van der Waals surface area contributed by atoms with Crippen molar-refractivity contribution in [3.8, 4) is 5.69 Å². The molecule has 0 spiro atoms. The average molecular weight is 441 g/mol. The number of hydrogen-bond acceptors (Lipinski definition) is 5. The van der Waals surface area contributed by atoms with Crippen LogP contribution in [0.3, 0.4) is 0 Å². The highest BCUT2D eigenvalue weighted by atomic mass is 32.2. The fourth-order valence-corrected chi connectivity index (χ4v) is 5.21. The van der Waals surface area contributed by atoms with Crippen molar-refractivity contribution in [2.75, 3.05) is 18.4 Å². The third kappa shape index (κ3) is 4.68. The van der Waals surface area contributed by atoms with Gasteiger partial charge in [0.15, 0.2) is 5.82 Å². The van der Waals surface area contributed by atoms with Gasteiger partial charge in [-0.15, -0.1) is 0 Å². The predicted octanol–water partition coefficient (Wildman–Crippen LogP) is 2.92. The number of ether oxygens (including phenoxy) is 1. The molecule has 9 heteroatoms. The molecule has 2 aromatic carbocycles. The number of carbonyl (C=O) groups excluding carboxylic acids is 1. The first-order valence-corrected chi connectivity index (χ1v) is 11.4. The van der Waals surface area contributed by atoms with Crippen LogP contribution in [0.2, 0.25) is 0 Å². The number of rotatable bonds is 5. The molecule has 2 heterocycles. The zero-order valence-corrected chi connectivity index (χ0v) is 18.1. The maximum Gasteiger partial charge on any atom is 0.256 e. The molecule has 2 unspecified atom stereocenters. The summed E-state index contributed by atoms with van der Waals surface area (Å²) in [6, 6.07) is 17.2. The Morgan fingerprint density at radius 3 is 2.45 bits per heavy atom. The maximum atomic E-state index is 13.1. The highest BCUT2D eigenvalue weighted by Crippen LogP contribution is 2.22. The van der Waals surface area contributed by atoms with E-state index in [1.54, 1.807) is 29.1 Å². The summed E-state index contributed by atoms with van der Waals surface area (Å²) in [4.78, 5) is 12.8. The van der Waals surface area contributed by atoms with Gasteiger partial charge in [-0.2, -0.15) is 9.40 Å². The standard InChI is InChI=1S/C22H24N4O4S/c1-16-14-25(15-17(2)30-16)31(28,29)20-10-6-7-18(13-20)22(27)23-21-11-12-26(24-21)19-8-4-3-5-9-19/h3-13,16-17H,14-15H2,1-2H3,(H,23,24,27). The predicted molar refractivity (Wildman–Crippen MR) is 117 cm³/mol. The SMILES string of the molecule is CC1CN(S(=O)(=O)c2cccc(C(=O)Nc3ccn(-c4ccccc4)n3)c2)CC(C)O1. The molecule has 1 aromatic heterocycles. The largest absolute Gasteiger partial charge is 0.373 e. The van der Waals surface area contributed by atoms with E-state index in [2.05, 4.69) is 10.4 Å². The van der Waals surface area contributed by atoms with Gasteiger partial charge in [0, 0.05) is 30.9 Å². The first-order valence-electron chi connectivity index (χ1n) is 10.0. The van der Waals surface area contributed by atoms with Crippen molar-refractivity contribution < 1.29 is 17.9 Å². The van der Waals surface area contributed by atoms with Crippen LogP contribution in [-0.2, 0) is 14.8 Å². The number of anilines is 1. The van der Waals surface area contributed by atoms with E-state index in [4.69, 9.17) is 4.74 Å². The van der Waals surface area contributed by atoms with Crippen molar-refractivity contribution in [3.05, 3.63) is 72.4 Å². The topological polar surface area (TPSA) is 93.5 Å². The molecule has 8 nitrogen and oxygen atoms in total. The number of sulfonamides is 1. The molecule has 1 aliphatic heterocycles. The van der Waals surface area contributed by atoms with E-state index in [0.29, 0.717) is 5.82 Å². The minimum atomic E-state index is -3.74. The Kier molecular flexibility index (Phi) is 5.90. The first kappa shape index (κ1) is 21.2. The van der Waals surface area contributed by atoms with Gasteiger partial charge in [0.2, 0.25) is 10.0 Å². The van der Waals surface area contributed by atoms with Crippen LogP contribution in [0.1, 0.15) is 24.2 Å². The summed E-state index contributed by atoms with van der Waals surface area (Å²) in [5.74, 6) is -0.0583. The van der Waals surface area contributed by atoms with Crippen molar-refractivity contribution in [1.29, 1.82) is 0 Å². The van der Waals surface area contributed by atoms with Gasteiger partial charge in [-0.25, -0.2) is 13.1 Å². The number of para-hydroxylation sites is 1. The van der Waals surface area contributed by atoms with E-state index >= 15 is 0 Å². The Labute approximate surface area is 181 Å². The molecule has 2 atom stereocenters. The van der Waals surface area contributed by atoms with Crippen LogP contribution in [0.5, 0.6) is 0 Å². The minimum Gasteiger partial charge on any atom is -0.373 e. The van der Waals surface area contributed by atoms with Gasteiger partial charge in [0.1, 0.15) is 0 Å². The van der Waals surface area contributed by atoms with E-state index < -0.39 is 15.9 Å². The highest BCUT2D eigenvalue weighted by molar-refractivity contribution is 7.89. The molecule has 1 saturated heterocycles. The Bertz CT molecular complexity index is 1170. The van der Waals surface area contributed by atoms with E-state index in [0.717, 1.165) is 5.69 Å². The Morgan fingerprint density at radius 2 is 1.74 bits per heavy atom. The molecule has 0 aliphatic carbocycles. The molecule has 3 aromatic rings. The molecule has 162 valence electrons. The summed E-state index contributed by atoms with van der Waals surface area (Å²) in [7, 11) is -3.74. The van der Waals surface area contributed by atoms with Gasteiger partial charge in [-0.3, -0.25) is 4.79 Å². The van der Waals surface area contributed by atoms with E-state index in [1.807, 2.05) is 44.2 Å². The van der Waals surface area contributed by atoms with Crippen LogP contribution in [0.25, 0.3) is 5.69 Å². The number of morpholine rings is 1. The molecule has 1 aliphatic rings. The van der Waals surface area contributed by atoms with Crippen LogP contribution >= 0.6 is 0 Å². The number of nitrogens with zero attached hydrogens (tertiary/aromatic N) is 3. The number of amides is 1. The third-order valence-electron chi connectivity index (χ3n) is 4.97. The van der Waals surface area contributed by atoms with E-state index in [1.165, 1.54) is 16.4 Å². The molecular weight excluding hydrogens is 416 g/mol. The van der Waals surface area contributed by atoms with Crippen molar-refractivity contribution >= 4 is 21.7 Å². The fourth-order valence-electron chi connectivity index (χ4n) is 3.58. The van der Waals surface area contributed by atoms with Gasteiger partial charge in [-0.1, -0.05) is 24.3 Å². The zero-order valence-electron chi connectivity index (χ0n) is 17.3. The lowest BCUT2D eigenvalue weighted by Gasteiger charge is -2.34. The summed E-state index contributed by atoms with van der Waals surface area (Å²) in [6.45, 7) is 4.24. The van der Waals surface area contributed by atoms with Gasteiger partial charge >= 0.3 is 0 Å². The second-order valence-electron chi connectivity index (χ2n) is 7.54. The minimum absolute atomic E-state index is 0.0799. The maximum absolute atomic E-state index is 13.1. The van der Waals surface area contributed by atoms with Crippen LogP contribution in [0, 0.1) is 0 Å². The molecular formula is C22H24N4O4S.